The lowest BCUT2D eigenvalue weighted by Crippen LogP contribution is -2.30. The number of sulfonamides is 1. The first-order valence-corrected chi connectivity index (χ1v) is 7.99. The van der Waals surface area contributed by atoms with Crippen LogP contribution in [0.3, 0.4) is 0 Å². The summed E-state index contributed by atoms with van der Waals surface area (Å²) in [7, 11) is -2.72. The normalized spacial score (nSPS) is 11.4. The average Bonchev–Trinajstić information content (AvgIpc) is 2.39. The molecule has 0 fully saturated rings. The molecule has 112 valence electrons. The lowest BCUT2D eigenvalue weighted by molar-refractivity contribution is -0.120. The third-order valence-electron chi connectivity index (χ3n) is 2.37. The second kappa shape index (κ2) is 6.70. The van der Waals surface area contributed by atoms with Crippen molar-refractivity contribution in [1.82, 2.24) is 10.0 Å². The van der Waals surface area contributed by atoms with Crippen molar-refractivity contribution in [1.29, 1.82) is 0 Å². The Kier molecular flexibility index (Phi) is 5.75. The van der Waals surface area contributed by atoms with Gasteiger partial charge in [-0.05, 0) is 22.0 Å². The Balaban J connectivity index is 3.02. The van der Waals surface area contributed by atoms with Gasteiger partial charge in [0.25, 0.3) is 0 Å². The van der Waals surface area contributed by atoms with Crippen LogP contribution in [0.15, 0.2) is 15.4 Å². The van der Waals surface area contributed by atoms with Crippen LogP contribution >= 0.6 is 27.5 Å². The van der Waals surface area contributed by atoms with Gasteiger partial charge in [-0.3, -0.25) is 4.79 Å². The Morgan fingerprint density at radius 2 is 2.15 bits per heavy atom. The first kappa shape index (κ1) is 17.2. The number of carbonyl (C=O) groups excluding carboxylic acids is 1. The number of rotatable bonds is 5. The fourth-order valence-corrected chi connectivity index (χ4v) is 3.01. The summed E-state index contributed by atoms with van der Waals surface area (Å²) < 4.78 is 39.9. The smallest absolute Gasteiger partial charge is 0.243 e. The number of nitrogens with one attached hydrogen (secondary N) is 2. The van der Waals surface area contributed by atoms with E-state index in [1.54, 1.807) is 0 Å². The zero-order valence-electron chi connectivity index (χ0n) is 10.3. The van der Waals surface area contributed by atoms with E-state index in [-0.39, 0.29) is 28.4 Å². The maximum absolute atomic E-state index is 13.9. The molecule has 0 aromatic heterocycles. The Morgan fingerprint density at radius 3 is 2.70 bits per heavy atom. The molecule has 0 aliphatic rings. The summed E-state index contributed by atoms with van der Waals surface area (Å²) in [5.41, 5.74) is 5.02. The summed E-state index contributed by atoms with van der Waals surface area (Å²) in [5, 5.41) is 2.30. The van der Waals surface area contributed by atoms with Crippen LogP contribution in [0.25, 0.3) is 0 Å². The van der Waals surface area contributed by atoms with E-state index in [1.165, 1.54) is 7.05 Å². The number of nitrogens with two attached hydrogens (primary N) is 1. The van der Waals surface area contributed by atoms with Gasteiger partial charge in [0, 0.05) is 20.0 Å². The van der Waals surface area contributed by atoms with E-state index in [0.717, 1.165) is 6.07 Å². The van der Waals surface area contributed by atoms with Crippen molar-refractivity contribution in [3.8, 4) is 0 Å². The van der Waals surface area contributed by atoms with Crippen LogP contribution in [0.4, 0.5) is 10.1 Å². The fraction of sp³-hybridized carbons (Fsp3) is 0.300. The van der Waals surface area contributed by atoms with E-state index in [0.29, 0.717) is 0 Å². The van der Waals surface area contributed by atoms with Gasteiger partial charge in [-0.15, -0.1) is 0 Å². The van der Waals surface area contributed by atoms with Gasteiger partial charge in [-0.1, -0.05) is 11.6 Å². The summed E-state index contributed by atoms with van der Waals surface area (Å²) in [6.45, 7) is -0.172. The molecule has 1 amide bonds. The molecule has 1 aromatic carbocycles. The third-order valence-corrected chi connectivity index (χ3v) is 5.21. The minimum absolute atomic E-state index is 0.0319. The maximum Gasteiger partial charge on any atom is 0.243 e. The molecule has 0 aliphatic carbocycles. The standard InChI is InChI=1S/C10H12BrClFN3O3S/c1-15-7(17)2-3-16-20(18,19)6-4-5(12)8(11)10(14)9(6)13/h4,16H,2-3,14H2,1H3,(H,15,17). The first-order chi connectivity index (χ1) is 9.20. The van der Waals surface area contributed by atoms with E-state index in [9.17, 15) is 17.6 Å². The van der Waals surface area contributed by atoms with Crippen LogP contribution in [0.1, 0.15) is 6.42 Å². The molecule has 0 unspecified atom stereocenters. The zero-order valence-corrected chi connectivity index (χ0v) is 13.5. The second-order valence-electron chi connectivity index (χ2n) is 3.72. The first-order valence-electron chi connectivity index (χ1n) is 5.34. The molecule has 1 rings (SSSR count). The quantitative estimate of drug-likeness (QED) is 0.522. The Hall–Kier alpha value is -0.900. The van der Waals surface area contributed by atoms with Crippen molar-refractivity contribution in [3.05, 3.63) is 21.4 Å². The minimum atomic E-state index is -4.15. The molecule has 0 radical (unpaired) electrons. The summed E-state index contributed by atoms with van der Waals surface area (Å²) in [4.78, 5) is 10.3. The molecule has 0 saturated carbocycles. The van der Waals surface area contributed by atoms with Crippen molar-refractivity contribution in [3.63, 3.8) is 0 Å². The Labute approximate surface area is 129 Å². The summed E-state index contributed by atoms with van der Waals surface area (Å²) >= 11 is 8.70. The topological polar surface area (TPSA) is 101 Å². The number of hydrogen-bond donors (Lipinski definition) is 3. The minimum Gasteiger partial charge on any atom is -0.395 e. The van der Waals surface area contributed by atoms with Gasteiger partial charge in [-0.25, -0.2) is 17.5 Å². The highest BCUT2D eigenvalue weighted by atomic mass is 79.9. The molecule has 0 spiro atoms. The molecule has 1 aromatic rings. The molecule has 20 heavy (non-hydrogen) atoms. The molecule has 0 atom stereocenters. The molecule has 0 aliphatic heterocycles. The Bertz CT molecular complexity index is 639. The van der Waals surface area contributed by atoms with Crippen LogP contribution < -0.4 is 15.8 Å². The summed E-state index contributed by atoms with van der Waals surface area (Å²) in [5.74, 6) is -1.45. The fourth-order valence-electron chi connectivity index (χ4n) is 1.30. The van der Waals surface area contributed by atoms with Gasteiger partial charge in [0.2, 0.25) is 15.9 Å². The van der Waals surface area contributed by atoms with E-state index in [2.05, 4.69) is 26.0 Å². The van der Waals surface area contributed by atoms with Gasteiger partial charge in [0.05, 0.1) is 15.2 Å². The second-order valence-corrected chi connectivity index (χ2v) is 6.65. The monoisotopic (exact) mass is 387 g/mol. The summed E-state index contributed by atoms with van der Waals surface area (Å²) in [6, 6.07) is 0.944. The summed E-state index contributed by atoms with van der Waals surface area (Å²) in [6.07, 6.45) is -0.0723. The van der Waals surface area contributed by atoms with E-state index in [1.807, 2.05) is 0 Å². The number of hydrogen-bond acceptors (Lipinski definition) is 4. The number of nitrogen functional groups attached to an aromatic ring is 1. The van der Waals surface area contributed by atoms with Gasteiger partial charge in [0.15, 0.2) is 5.82 Å². The number of carbonyl (C=O) groups is 1. The highest BCUT2D eigenvalue weighted by Gasteiger charge is 2.23. The average molecular weight is 389 g/mol. The van der Waals surface area contributed by atoms with Crippen LogP contribution in [0.2, 0.25) is 5.02 Å². The lowest BCUT2D eigenvalue weighted by atomic mass is 10.3. The molecular weight excluding hydrogens is 377 g/mol. The van der Waals surface area contributed by atoms with E-state index >= 15 is 0 Å². The van der Waals surface area contributed by atoms with E-state index in [4.69, 9.17) is 17.3 Å². The van der Waals surface area contributed by atoms with Gasteiger partial charge < -0.3 is 11.1 Å². The highest BCUT2D eigenvalue weighted by Crippen LogP contribution is 2.34. The molecular formula is C10H12BrClFN3O3S. The van der Waals surface area contributed by atoms with Gasteiger partial charge in [0.1, 0.15) is 4.90 Å². The van der Waals surface area contributed by atoms with Crippen molar-refractivity contribution in [2.45, 2.75) is 11.3 Å². The zero-order chi connectivity index (χ0) is 15.5. The van der Waals surface area contributed by atoms with Gasteiger partial charge >= 0.3 is 0 Å². The van der Waals surface area contributed by atoms with Crippen LogP contribution in [0, 0.1) is 5.82 Å². The van der Waals surface area contributed by atoms with Crippen molar-refractivity contribution < 1.29 is 17.6 Å². The molecule has 10 heteroatoms. The number of anilines is 1. The SMILES string of the molecule is CNC(=O)CCNS(=O)(=O)c1cc(Cl)c(Br)c(N)c1F. The van der Waals surface area contributed by atoms with Gasteiger partial charge in [-0.2, -0.15) is 0 Å². The lowest BCUT2D eigenvalue weighted by Gasteiger charge is -2.11. The predicted octanol–water partition coefficient (Wildman–Crippen LogP) is 1.24. The number of halogens is 3. The van der Waals surface area contributed by atoms with Crippen molar-refractivity contribution in [2.75, 3.05) is 19.3 Å². The maximum atomic E-state index is 13.9. The van der Waals surface area contributed by atoms with Crippen LogP contribution in [0.5, 0.6) is 0 Å². The van der Waals surface area contributed by atoms with Crippen molar-refractivity contribution >= 4 is 49.1 Å². The van der Waals surface area contributed by atoms with Crippen molar-refractivity contribution in [2.24, 2.45) is 0 Å². The third kappa shape index (κ3) is 3.81. The molecule has 0 bridgehead atoms. The number of amides is 1. The molecule has 4 N–H and O–H groups in total. The molecule has 0 heterocycles. The molecule has 6 nitrogen and oxygen atoms in total. The predicted molar refractivity (Wildman–Crippen MR) is 77.4 cm³/mol. The van der Waals surface area contributed by atoms with Crippen LogP contribution in [-0.4, -0.2) is 27.9 Å². The number of benzene rings is 1. The Morgan fingerprint density at radius 1 is 1.55 bits per heavy atom. The highest BCUT2D eigenvalue weighted by molar-refractivity contribution is 9.10. The van der Waals surface area contributed by atoms with E-state index < -0.39 is 26.4 Å². The largest absolute Gasteiger partial charge is 0.395 e. The van der Waals surface area contributed by atoms with Crippen LogP contribution in [-0.2, 0) is 14.8 Å². The molecule has 0 saturated heterocycles.